The van der Waals surface area contributed by atoms with Crippen LogP contribution in [0.5, 0.6) is 0 Å². The molecule has 7 heteroatoms. The monoisotopic (exact) mass is 332 g/mol. The molecule has 1 fully saturated rings. The zero-order chi connectivity index (χ0) is 13.1. The molecule has 0 radical (unpaired) electrons. The van der Waals surface area contributed by atoms with Crippen molar-refractivity contribution in [3.8, 4) is 0 Å². The van der Waals surface area contributed by atoms with E-state index in [4.69, 9.17) is 0 Å². The van der Waals surface area contributed by atoms with E-state index in [1.807, 2.05) is 0 Å². The molecule has 0 aromatic heterocycles. The minimum absolute atomic E-state index is 0.0403. The quantitative estimate of drug-likeness (QED) is 0.921. The van der Waals surface area contributed by atoms with Crippen LogP contribution in [0.2, 0.25) is 0 Å². The number of thioether (sulfide) groups is 1. The predicted octanol–water partition coefficient (Wildman–Crippen LogP) is 2.06. The van der Waals surface area contributed by atoms with Gasteiger partial charge in [-0.25, -0.2) is 4.39 Å². The van der Waals surface area contributed by atoms with Crippen molar-refractivity contribution >= 4 is 45.2 Å². The highest BCUT2D eigenvalue weighted by atomic mass is 79.9. The number of nitrogens with one attached hydrogen (secondary N) is 1. The molecule has 1 aliphatic rings. The van der Waals surface area contributed by atoms with Crippen LogP contribution in [0.15, 0.2) is 22.7 Å². The van der Waals surface area contributed by atoms with E-state index >= 15 is 0 Å². The van der Waals surface area contributed by atoms with E-state index < -0.39 is 11.7 Å². The van der Waals surface area contributed by atoms with Gasteiger partial charge in [-0.3, -0.25) is 9.59 Å². The Kier molecular flexibility index (Phi) is 4.23. The summed E-state index contributed by atoms with van der Waals surface area (Å²) in [5.74, 6) is -0.0620. The number of anilines is 1. The Bertz CT molecular complexity index is 498. The number of carbonyl (C=O) groups excluding carboxylic acids is 2. The van der Waals surface area contributed by atoms with E-state index in [9.17, 15) is 14.0 Å². The Morgan fingerprint density at radius 1 is 1.56 bits per heavy atom. The third-order valence-corrected chi connectivity index (χ3v) is 3.80. The van der Waals surface area contributed by atoms with Gasteiger partial charge in [-0.2, -0.15) is 0 Å². The molecule has 1 saturated heterocycles. The summed E-state index contributed by atoms with van der Waals surface area (Å²) in [5, 5.41) is 2.45. The van der Waals surface area contributed by atoms with Crippen LogP contribution in [0.1, 0.15) is 0 Å². The first-order chi connectivity index (χ1) is 8.56. The molecule has 1 aliphatic heterocycles. The number of hydrogen-bond acceptors (Lipinski definition) is 3. The standard InChI is InChI=1S/C11H10BrFN2O2S/c12-7-1-2-9(8(13)3-7)14-10(16)4-15-6-18-5-11(15)17/h1-3H,4-6H2,(H,14,16). The van der Waals surface area contributed by atoms with Crippen molar-refractivity contribution in [3.63, 3.8) is 0 Å². The molecule has 0 aliphatic carbocycles. The fraction of sp³-hybridized carbons (Fsp3) is 0.273. The van der Waals surface area contributed by atoms with E-state index in [1.165, 1.54) is 28.8 Å². The van der Waals surface area contributed by atoms with Gasteiger partial charge in [0.05, 0.1) is 17.3 Å². The van der Waals surface area contributed by atoms with Crippen LogP contribution in [0.4, 0.5) is 10.1 Å². The second kappa shape index (κ2) is 5.71. The van der Waals surface area contributed by atoms with Crippen molar-refractivity contribution in [3.05, 3.63) is 28.5 Å². The van der Waals surface area contributed by atoms with Crippen LogP contribution in [0.25, 0.3) is 0 Å². The topological polar surface area (TPSA) is 49.4 Å². The first-order valence-corrected chi connectivity index (χ1v) is 7.11. The molecular weight excluding hydrogens is 323 g/mol. The second-order valence-electron chi connectivity index (χ2n) is 3.74. The maximum absolute atomic E-state index is 13.5. The number of hydrogen-bond donors (Lipinski definition) is 1. The largest absolute Gasteiger partial charge is 0.323 e. The Morgan fingerprint density at radius 3 is 2.94 bits per heavy atom. The van der Waals surface area contributed by atoms with E-state index in [0.29, 0.717) is 16.1 Å². The van der Waals surface area contributed by atoms with Crippen molar-refractivity contribution in [2.24, 2.45) is 0 Å². The van der Waals surface area contributed by atoms with Gasteiger partial charge in [0, 0.05) is 4.47 Å². The van der Waals surface area contributed by atoms with Gasteiger partial charge >= 0.3 is 0 Å². The summed E-state index contributed by atoms with van der Waals surface area (Å²) < 4.78 is 14.1. The smallest absolute Gasteiger partial charge is 0.244 e. The lowest BCUT2D eigenvalue weighted by atomic mass is 10.3. The first-order valence-electron chi connectivity index (χ1n) is 5.16. The number of nitrogens with zero attached hydrogens (tertiary/aromatic N) is 1. The summed E-state index contributed by atoms with van der Waals surface area (Å²) in [4.78, 5) is 24.4. The molecule has 2 amide bonds. The highest BCUT2D eigenvalue weighted by Crippen LogP contribution is 2.20. The highest BCUT2D eigenvalue weighted by molar-refractivity contribution is 9.10. The van der Waals surface area contributed by atoms with Gasteiger partial charge in [0.15, 0.2) is 0 Å². The highest BCUT2D eigenvalue weighted by Gasteiger charge is 2.23. The van der Waals surface area contributed by atoms with Crippen LogP contribution in [-0.4, -0.2) is 34.9 Å². The molecule has 0 saturated carbocycles. The zero-order valence-electron chi connectivity index (χ0n) is 9.28. The van der Waals surface area contributed by atoms with E-state index in [0.717, 1.165) is 0 Å². The van der Waals surface area contributed by atoms with Gasteiger partial charge in [-0.15, -0.1) is 11.8 Å². The van der Waals surface area contributed by atoms with Gasteiger partial charge in [0.25, 0.3) is 0 Å². The zero-order valence-corrected chi connectivity index (χ0v) is 11.7. The first kappa shape index (κ1) is 13.4. The number of halogens is 2. The van der Waals surface area contributed by atoms with Crippen LogP contribution in [-0.2, 0) is 9.59 Å². The van der Waals surface area contributed by atoms with E-state index in [1.54, 1.807) is 6.07 Å². The maximum atomic E-state index is 13.5. The average molecular weight is 333 g/mol. The van der Waals surface area contributed by atoms with Crippen LogP contribution >= 0.6 is 27.7 Å². The molecule has 0 bridgehead atoms. The molecule has 1 aromatic rings. The summed E-state index contributed by atoms with van der Waals surface area (Å²) in [5.41, 5.74) is 0.113. The van der Waals surface area contributed by atoms with Gasteiger partial charge < -0.3 is 10.2 Å². The number of amides is 2. The normalized spacial score (nSPS) is 15.0. The summed E-state index contributed by atoms with van der Waals surface area (Å²) in [7, 11) is 0. The van der Waals surface area contributed by atoms with Gasteiger partial charge in [-0.1, -0.05) is 15.9 Å². The minimum atomic E-state index is -0.514. The molecule has 0 unspecified atom stereocenters. The van der Waals surface area contributed by atoms with Crippen LogP contribution in [0, 0.1) is 5.82 Å². The molecule has 96 valence electrons. The molecule has 4 nitrogen and oxygen atoms in total. The summed E-state index contributed by atoms with van der Waals surface area (Å²) >= 11 is 4.59. The SMILES string of the molecule is O=C(CN1CSCC1=O)Nc1ccc(Br)cc1F. The number of carbonyl (C=O) groups is 2. The maximum Gasteiger partial charge on any atom is 0.244 e. The second-order valence-corrected chi connectivity index (χ2v) is 5.61. The molecule has 18 heavy (non-hydrogen) atoms. The molecule has 2 rings (SSSR count). The van der Waals surface area contributed by atoms with Crippen LogP contribution in [0.3, 0.4) is 0 Å². The lowest BCUT2D eigenvalue weighted by Crippen LogP contribution is -2.34. The third-order valence-electron chi connectivity index (χ3n) is 2.37. The van der Waals surface area contributed by atoms with Crippen molar-refractivity contribution < 1.29 is 14.0 Å². The fourth-order valence-corrected chi connectivity index (χ4v) is 2.73. The molecule has 1 N–H and O–H groups in total. The van der Waals surface area contributed by atoms with Crippen molar-refractivity contribution in [1.29, 1.82) is 0 Å². The fourth-order valence-electron chi connectivity index (χ4n) is 1.49. The Morgan fingerprint density at radius 2 is 2.33 bits per heavy atom. The van der Waals surface area contributed by atoms with Crippen molar-refractivity contribution in [2.45, 2.75) is 0 Å². The van der Waals surface area contributed by atoms with Crippen LogP contribution < -0.4 is 5.32 Å². The van der Waals surface area contributed by atoms with E-state index in [2.05, 4.69) is 21.2 Å². The lowest BCUT2D eigenvalue weighted by molar-refractivity contribution is -0.130. The Hall–Kier alpha value is -1.08. The van der Waals surface area contributed by atoms with Gasteiger partial charge in [-0.05, 0) is 18.2 Å². The third kappa shape index (κ3) is 3.23. The average Bonchev–Trinajstić information content (AvgIpc) is 2.69. The number of benzene rings is 1. The Balaban J connectivity index is 1.96. The number of rotatable bonds is 3. The lowest BCUT2D eigenvalue weighted by Gasteiger charge is -2.14. The van der Waals surface area contributed by atoms with Crippen molar-refractivity contribution in [1.82, 2.24) is 4.90 Å². The van der Waals surface area contributed by atoms with Crippen molar-refractivity contribution in [2.75, 3.05) is 23.5 Å². The summed E-state index contributed by atoms with van der Waals surface area (Å²) in [6, 6.07) is 4.37. The molecule has 0 spiro atoms. The molecule has 0 atom stereocenters. The predicted molar refractivity (Wildman–Crippen MR) is 71.8 cm³/mol. The molecule has 1 aromatic carbocycles. The van der Waals surface area contributed by atoms with E-state index in [-0.39, 0.29) is 18.1 Å². The molecule has 1 heterocycles. The molecular formula is C11H10BrFN2O2S. The minimum Gasteiger partial charge on any atom is -0.323 e. The summed E-state index contributed by atoms with van der Waals surface area (Å²) in [6.07, 6.45) is 0. The van der Waals surface area contributed by atoms with Gasteiger partial charge in [0.2, 0.25) is 11.8 Å². The van der Waals surface area contributed by atoms with Gasteiger partial charge in [0.1, 0.15) is 12.4 Å². The Labute approximate surface area is 116 Å². The summed E-state index contributed by atoms with van der Waals surface area (Å²) in [6.45, 7) is -0.0403.